The fourth-order valence-electron chi connectivity index (χ4n) is 3.24. The second-order valence-corrected chi connectivity index (χ2v) is 9.71. The monoisotopic (exact) mass is 591 g/mol. The highest BCUT2D eigenvalue weighted by molar-refractivity contribution is 5.85. The fraction of sp³-hybridized carbons (Fsp3) is 0.533. The van der Waals surface area contributed by atoms with Gasteiger partial charge in [0.1, 0.15) is 24.9 Å². The smallest absolute Gasteiger partial charge is 0.324 e. The van der Waals surface area contributed by atoms with Gasteiger partial charge in [-0.25, -0.2) is 10.4 Å². The van der Waals surface area contributed by atoms with E-state index in [1.54, 1.807) is 7.05 Å². The average molecular weight is 592 g/mol. The summed E-state index contributed by atoms with van der Waals surface area (Å²) in [6.07, 6.45) is 6.16. The summed E-state index contributed by atoms with van der Waals surface area (Å²) in [6.45, 7) is 9.15. The molecule has 0 aliphatic carbocycles. The number of hydrogen-bond donors (Lipinski definition) is 3. The van der Waals surface area contributed by atoms with Gasteiger partial charge >= 0.3 is 5.97 Å². The highest BCUT2D eigenvalue weighted by atomic mass is 16.5. The Kier molecular flexibility index (Phi) is 24.1. The van der Waals surface area contributed by atoms with Gasteiger partial charge in [-0.05, 0) is 43.9 Å². The van der Waals surface area contributed by atoms with Gasteiger partial charge < -0.3 is 29.9 Å². The molecule has 3 atom stereocenters. The molecule has 1 aliphatic heterocycles. The summed E-state index contributed by atoms with van der Waals surface area (Å²) in [6, 6.07) is 9.28. The van der Waals surface area contributed by atoms with Crippen LogP contribution in [0.3, 0.4) is 0 Å². The molecule has 2 rings (SSSR count). The number of carbonyl (C=O) groups is 6. The number of rotatable bonds is 11. The predicted molar refractivity (Wildman–Crippen MR) is 162 cm³/mol. The topological polar surface area (TPSA) is 154 Å². The summed E-state index contributed by atoms with van der Waals surface area (Å²) < 4.78 is 4.61. The summed E-state index contributed by atoms with van der Waals surface area (Å²) in [5.41, 5.74) is 4.21. The van der Waals surface area contributed by atoms with Gasteiger partial charge in [0, 0.05) is 27.6 Å². The maximum atomic E-state index is 11.4. The van der Waals surface area contributed by atoms with E-state index in [9.17, 15) is 24.0 Å². The van der Waals surface area contributed by atoms with Crippen LogP contribution in [0.5, 0.6) is 0 Å². The maximum absolute atomic E-state index is 11.4. The van der Waals surface area contributed by atoms with E-state index >= 15 is 0 Å². The van der Waals surface area contributed by atoms with E-state index in [1.807, 2.05) is 56.2 Å². The number of benzene rings is 1. The van der Waals surface area contributed by atoms with Crippen LogP contribution in [0.2, 0.25) is 0 Å². The van der Waals surface area contributed by atoms with Crippen LogP contribution >= 0.6 is 0 Å². The molecule has 3 N–H and O–H groups in total. The lowest BCUT2D eigenvalue weighted by Gasteiger charge is -2.29. The van der Waals surface area contributed by atoms with Crippen LogP contribution in [-0.4, -0.2) is 106 Å². The van der Waals surface area contributed by atoms with Gasteiger partial charge in [-0.15, -0.1) is 0 Å². The first-order chi connectivity index (χ1) is 19.9. The molecule has 0 aromatic heterocycles. The summed E-state index contributed by atoms with van der Waals surface area (Å²) in [7, 11) is 6.67. The molecule has 42 heavy (non-hydrogen) atoms. The molecule has 12 nitrogen and oxygen atoms in total. The molecule has 0 bridgehead atoms. The number of nitrogens with zero attached hydrogens (tertiary/aromatic N) is 2. The van der Waals surface area contributed by atoms with Gasteiger partial charge in [0.15, 0.2) is 0 Å². The number of hydrogen-bond acceptors (Lipinski definition) is 10. The number of amides is 2. The van der Waals surface area contributed by atoms with Gasteiger partial charge in [-0.2, -0.15) is 0 Å². The first kappa shape index (κ1) is 40.4. The number of esters is 1. The SMILES string of the molecule is C=CC=O.CC(=O)N(C)CC(=O)NC(C=O)C(C)C.CNC(C=O)Cc1ccccc1.COC(=O)C1CCCN(C)N1. The Morgan fingerprint density at radius 3 is 2.17 bits per heavy atom. The molecule has 1 fully saturated rings. The van der Waals surface area contributed by atoms with Gasteiger partial charge in [0.2, 0.25) is 11.8 Å². The number of hydrazine groups is 1. The van der Waals surface area contributed by atoms with Gasteiger partial charge in [-0.1, -0.05) is 50.8 Å². The number of nitrogens with one attached hydrogen (secondary N) is 3. The lowest BCUT2D eigenvalue weighted by Crippen LogP contribution is -2.51. The molecule has 3 unspecified atom stereocenters. The molecule has 0 saturated carbocycles. The summed E-state index contributed by atoms with van der Waals surface area (Å²) in [4.78, 5) is 64.6. The Morgan fingerprint density at radius 1 is 1.17 bits per heavy atom. The minimum Gasteiger partial charge on any atom is -0.468 e. The van der Waals surface area contributed by atoms with Crippen molar-refractivity contribution in [2.75, 3.05) is 41.3 Å². The minimum atomic E-state index is -0.488. The van der Waals surface area contributed by atoms with E-state index in [0.29, 0.717) is 12.6 Å². The van der Waals surface area contributed by atoms with Crippen LogP contribution in [-0.2, 0) is 39.9 Å². The van der Waals surface area contributed by atoms with Crippen LogP contribution in [0.4, 0.5) is 0 Å². The molecule has 236 valence electrons. The van der Waals surface area contributed by atoms with Crippen LogP contribution in [0.1, 0.15) is 39.2 Å². The van der Waals surface area contributed by atoms with Crippen molar-refractivity contribution in [3.05, 3.63) is 48.6 Å². The predicted octanol–water partition coefficient (Wildman–Crippen LogP) is 0.950. The van der Waals surface area contributed by atoms with Crippen LogP contribution < -0.4 is 16.1 Å². The van der Waals surface area contributed by atoms with Crippen molar-refractivity contribution in [2.24, 2.45) is 5.92 Å². The molecule has 1 aliphatic rings. The third-order valence-electron chi connectivity index (χ3n) is 5.89. The molecule has 1 heterocycles. The zero-order valence-electron chi connectivity index (χ0n) is 26.0. The molecule has 2 amide bonds. The number of carbonyl (C=O) groups excluding carboxylic acids is 6. The van der Waals surface area contributed by atoms with Crippen molar-refractivity contribution in [2.45, 2.75) is 58.2 Å². The average Bonchev–Trinajstić information content (AvgIpc) is 2.99. The summed E-state index contributed by atoms with van der Waals surface area (Å²) >= 11 is 0. The van der Waals surface area contributed by atoms with E-state index in [1.165, 1.54) is 37.6 Å². The van der Waals surface area contributed by atoms with Gasteiger partial charge in [0.05, 0.1) is 25.7 Å². The lowest BCUT2D eigenvalue weighted by molar-refractivity contribution is -0.145. The molecule has 1 aromatic rings. The Bertz CT molecular complexity index is 937. The van der Waals surface area contributed by atoms with Crippen molar-refractivity contribution in [1.82, 2.24) is 26.0 Å². The third-order valence-corrected chi connectivity index (χ3v) is 5.89. The largest absolute Gasteiger partial charge is 0.468 e. The Morgan fingerprint density at radius 2 is 1.76 bits per heavy atom. The molecule has 0 radical (unpaired) electrons. The first-order valence-electron chi connectivity index (χ1n) is 13.6. The zero-order valence-corrected chi connectivity index (χ0v) is 26.0. The van der Waals surface area contributed by atoms with Crippen LogP contribution in [0.25, 0.3) is 0 Å². The van der Waals surface area contributed by atoms with E-state index in [4.69, 9.17) is 4.79 Å². The Balaban J connectivity index is 0. The highest BCUT2D eigenvalue weighted by Crippen LogP contribution is 2.06. The number of methoxy groups -OCH3 is 1. The van der Waals surface area contributed by atoms with Gasteiger partial charge in [0.25, 0.3) is 0 Å². The third kappa shape index (κ3) is 20.2. The number of aldehydes is 3. The quantitative estimate of drug-likeness (QED) is 0.193. The zero-order chi connectivity index (χ0) is 32.5. The standard InChI is InChI=1S/C10H18N2O3.C10H13NO.C7H14N2O2.C3H4O/c1-7(2)9(6-13)11-10(15)5-12(4)8(3)14;1-11-10(8-12)7-9-5-3-2-4-6-9;1-9-5-3-4-6(8-9)7(10)11-2;1-2-3-4/h6-7,9H,5H2,1-4H3,(H,11,15);2-6,8,10-11H,7H2,1H3;6,8H,3-5H2,1-2H3;2-3H,1H2. The number of ether oxygens (including phenoxy) is 1. The number of likely N-dealkylation sites (N-methyl/N-ethyl adjacent to an activating group) is 2. The lowest BCUT2D eigenvalue weighted by atomic mass is 10.1. The van der Waals surface area contributed by atoms with E-state index in [2.05, 4.69) is 27.4 Å². The second-order valence-electron chi connectivity index (χ2n) is 9.71. The molecule has 1 aromatic carbocycles. The van der Waals surface area contributed by atoms with Crippen molar-refractivity contribution in [3.8, 4) is 0 Å². The second kappa shape index (κ2) is 25.0. The van der Waals surface area contributed by atoms with Crippen LogP contribution in [0.15, 0.2) is 43.0 Å². The Labute approximate surface area is 250 Å². The van der Waals surface area contributed by atoms with Crippen molar-refractivity contribution >= 4 is 36.6 Å². The molecule has 1 saturated heterocycles. The Hall–Kier alpha value is -3.74. The number of allylic oxidation sites excluding steroid dienone is 1. The van der Waals surface area contributed by atoms with E-state index < -0.39 is 6.04 Å². The summed E-state index contributed by atoms with van der Waals surface area (Å²) in [5, 5.41) is 7.40. The van der Waals surface area contributed by atoms with Crippen molar-refractivity contribution in [1.29, 1.82) is 0 Å². The van der Waals surface area contributed by atoms with Crippen molar-refractivity contribution < 1.29 is 33.5 Å². The minimum absolute atomic E-state index is 0.0214. The molecule has 0 spiro atoms. The normalized spacial score (nSPS) is 15.3. The molecular formula is C30H49N5O7. The first-order valence-corrected chi connectivity index (χ1v) is 13.6. The van der Waals surface area contributed by atoms with E-state index in [0.717, 1.165) is 32.1 Å². The molecule has 12 heteroatoms. The van der Waals surface area contributed by atoms with E-state index in [-0.39, 0.29) is 42.3 Å². The highest BCUT2D eigenvalue weighted by Gasteiger charge is 2.23. The van der Waals surface area contributed by atoms with Crippen molar-refractivity contribution in [3.63, 3.8) is 0 Å². The summed E-state index contributed by atoms with van der Waals surface area (Å²) in [5.74, 6) is -0.624. The van der Waals surface area contributed by atoms with Crippen LogP contribution in [0, 0.1) is 5.92 Å². The van der Waals surface area contributed by atoms with Gasteiger partial charge in [-0.3, -0.25) is 19.2 Å². The maximum Gasteiger partial charge on any atom is 0.324 e. The fourth-order valence-corrected chi connectivity index (χ4v) is 3.24. The molecular weight excluding hydrogens is 542 g/mol.